The number of nitrogen functional groups attached to an aromatic ring is 1. The molecule has 4 heterocycles. The number of amides is 1. The predicted octanol–water partition coefficient (Wildman–Crippen LogP) is 4.00. The summed E-state index contributed by atoms with van der Waals surface area (Å²) in [6, 6.07) is 1.03. The molecule has 0 bridgehead atoms. The second-order valence-electron chi connectivity index (χ2n) is 7.68. The van der Waals surface area contributed by atoms with Crippen LogP contribution in [0.25, 0.3) is 16.8 Å². The summed E-state index contributed by atoms with van der Waals surface area (Å²) >= 11 is 5.89. The fourth-order valence-corrected chi connectivity index (χ4v) is 4.34. The van der Waals surface area contributed by atoms with Crippen LogP contribution in [0, 0.1) is 11.6 Å². The molecule has 3 aromatic rings. The molecule has 7 nitrogen and oxygen atoms in total. The van der Waals surface area contributed by atoms with Crippen molar-refractivity contribution in [3.05, 3.63) is 70.4 Å². The molecule has 1 amide bonds. The minimum Gasteiger partial charge on any atom is -0.398 e. The van der Waals surface area contributed by atoms with E-state index in [1.165, 1.54) is 30.6 Å². The van der Waals surface area contributed by atoms with E-state index in [0.29, 0.717) is 0 Å². The summed E-state index contributed by atoms with van der Waals surface area (Å²) in [6.07, 6.45) is 1.21. The number of aromatic nitrogens is 3. The van der Waals surface area contributed by atoms with Gasteiger partial charge in [0.05, 0.1) is 30.9 Å². The second kappa shape index (κ2) is 8.24. The van der Waals surface area contributed by atoms with E-state index in [0.717, 1.165) is 11.0 Å². The van der Waals surface area contributed by atoms with Gasteiger partial charge in [0.1, 0.15) is 11.5 Å². The first-order valence-corrected chi connectivity index (χ1v) is 10.5. The molecule has 170 valence electrons. The molecular formula is C23H20ClF2N5O2. The summed E-state index contributed by atoms with van der Waals surface area (Å²) in [5, 5.41) is 9.00. The highest BCUT2D eigenvalue weighted by atomic mass is 35.5. The van der Waals surface area contributed by atoms with Crippen molar-refractivity contribution in [1.82, 2.24) is 19.9 Å². The Hall–Kier alpha value is -3.30. The molecule has 2 aliphatic heterocycles. The number of anilines is 1. The molecule has 2 atom stereocenters. The molecule has 0 aliphatic carbocycles. The van der Waals surface area contributed by atoms with Gasteiger partial charge in [-0.25, -0.2) is 13.8 Å². The van der Waals surface area contributed by atoms with Gasteiger partial charge in [0, 0.05) is 37.8 Å². The third kappa shape index (κ3) is 3.57. The maximum absolute atomic E-state index is 14.9. The lowest BCUT2D eigenvalue weighted by Crippen LogP contribution is -2.39. The lowest BCUT2D eigenvalue weighted by Gasteiger charge is -2.33. The van der Waals surface area contributed by atoms with Crippen molar-refractivity contribution in [2.24, 2.45) is 0 Å². The normalized spacial score (nSPS) is 25.3. The SMILES string of the molecule is [2H]C1([2H])C(c2c(N)ccc(Cl)c2F)=CC(=O)N2[C@H](c3ncc(-c4ccnc(CO)c4F)[nH]3)CCC21[2H]. The molecule has 2 aromatic heterocycles. The van der Waals surface area contributed by atoms with Crippen LogP contribution in [0.15, 0.2) is 36.7 Å². The highest BCUT2D eigenvalue weighted by Crippen LogP contribution is 2.44. The van der Waals surface area contributed by atoms with Gasteiger partial charge in [-0.1, -0.05) is 11.6 Å². The first-order chi connectivity index (χ1) is 17.0. The molecule has 1 aromatic carbocycles. The molecule has 0 saturated carbocycles. The first kappa shape index (κ1) is 18.2. The van der Waals surface area contributed by atoms with Gasteiger partial charge in [-0.05, 0) is 43.0 Å². The number of benzene rings is 1. The Morgan fingerprint density at radius 3 is 2.91 bits per heavy atom. The molecule has 0 radical (unpaired) electrons. The van der Waals surface area contributed by atoms with Crippen LogP contribution in [0.1, 0.15) is 46.5 Å². The quantitative estimate of drug-likeness (QED) is 0.495. The number of hydrogen-bond donors (Lipinski definition) is 3. The standard InChI is InChI=1S/C23H20ClF2N5O2/c24-14-2-3-15(27)20(22(14)26)11-7-12-1-4-18(31(12)19(33)8-11)23-29-9-16(30-23)13-5-6-28-17(10-32)21(13)25/h2-3,5-6,8-9,12,18,32H,1,4,7,10,27H2,(H,29,30)/t12?,18-/m0/s1/i7D2,12D. The average molecular weight is 475 g/mol. The van der Waals surface area contributed by atoms with Gasteiger partial charge >= 0.3 is 0 Å². The van der Waals surface area contributed by atoms with E-state index >= 15 is 0 Å². The van der Waals surface area contributed by atoms with Crippen molar-refractivity contribution in [3.63, 3.8) is 0 Å². The number of nitrogens with two attached hydrogens (primary N) is 1. The van der Waals surface area contributed by atoms with Crippen LogP contribution in [-0.4, -0.2) is 36.9 Å². The van der Waals surface area contributed by atoms with E-state index in [9.17, 15) is 18.7 Å². The molecule has 2 aliphatic rings. The number of imidazole rings is 1. The molecule has 0 spiro atoms. The highest BCUT2D eigenvalue weighted by molar-refractivity contribution is 6.31. The Labute approximate surface area is 197 Å². The van der Waals surface area contributed by atoms with Gasteiger partial charge in [-0.2, -0.15) is 0 Å². The number of carbonyl (C=O) groups is 1. The van der Waals surface area contributed by atoms with Gasteiger partial charge in [-0.3, -0.25) is 9.78 Å². The van der Waals surface area contributed by atoms with Crippen LogP contribution in [0.4, 0.5) is 14.5 Å². The molecular weight excluding hydrogens is 452 g/mol. The van der Waals surface area contributed by atoms with Crippen molar-refractivity contribution < 1.29 is 22.8 Å². The number of hydrogen-bond acceptors (Lipinski definition) is 5. The number of aliphatic hydroxyl groups excluding tert-OH is 1. The maximum Gasteiger partial charge on any atom is 0.247 e. The number of halogens is 3. The third-order valence-corrected chi connectivity index (χ3v) is 6.04. The van der Waals surface area contributed by atoms with Crippen LogP contribution < -0.4 is 5.73 Å². The smallest absolute Gasteiger partial charge is 0.247 e. The van der Waals surface area contributed by atoms with Gasteiger partial charge in [0.2, 0.25) is 5.91 Å². The number of rotatable bonds is 4. The number of H-pyrrole nitrogens is 1. The van der Waals surface area contributed by atoms with Crippen LogP contribution in [0.3, 0.4) is 0 Å². The molecule has 1 saturated heterocycles. The predicted molar refractivity (Wildman–Crippen MR) is 119 cm³/mol. The highest BCUT2D eigenvalue weighted by Gasteiger charge is 2.42. The summed E-state index contributed by atoms with van der Waals surface area (Å²) in [4.78, 5) is 25.4. The lowest BCUT2D eigenvalue weighted by molar-refractivity contribution is -0.129. The maximum atomic E-state index is 14.9. The number of nitrogens with one attached hydrogen (secondary N) is 1. The Morgan fingerprint density at radius 1 is 1.30 bits per heavy atom. The van der Waals surface area contributed by atoms with Crippen LogP contribution in [0.2, 0.25) is 5.02 Å². The van der Waals surface area contributed by atoms with Crippen molar-refractivity contribution in [2.45, 2.75) is 37.9 Å². The summed E-state index contributed by atoms with van der Waals surface area (Å²) in [5.74, 6) is -2.18. The number of aromatic amines is 1. The number of nitrogens with zero attached hydrogens (tertiary/aromatic N) is 3. The Morgan fingerprint density at radius 2 is 2.12 bits per heavy atom. The largest absolute Gasteiger partial charge is 0.398 e. The van der Waals surface area contributed by atoms with E-state index in [4.69, 9.17) is 21.4 Å². The molecule has 5 rings (SSSR count). The second-order valence-corrected chi connectivity index (χ2v) is 8.08. The van der Waals surface area contributed by atoms with Crippen molar-refractivity contribution in [1.29, 1.82) is 0 Å². The summed E-state index contributed by atoms with van der Waals surface area (Å²) in [6.45, 7) is -0.589. The van der Waals surface area contributed by atoms with Crippen LogP contribution in [0.5, 0.6) is 0 Å². The Bertz CT molecular complexity index is 1430. The van der Waals surface area contributed by atoms with Gasteiger partial charge < -0.3 is 20.7 Å². The van der Waals surface area contributed by atoms with Gasteiger partial charge in [-0.15, -0.1) is 0 Å². The fraction of sp³-hybridized carbons (Fsp3) is 0.261. The van der Waals surface area contributed by atoms with Crippen LogP contribution >= 0.6 is 11.6 Å². The van der Waals surface area contributed by atoms with E-state index in [2.05, 4.69) is 15.0 Å². The van der Waals surface area contributed by atoms with Crippen LogP contribution in [-0.2, 0) is 11.4 Å². The molecule has 4 N–H and O–H groups in total. The zero-order valence-electron chi connectivity index (χ0n) is 20.1. The lowest BCUT2D eigenvalue weighted by atomic mass is 9.92. The fourth-order valence-electron chi connectivity index (χ4n) is 4.19. The summed E-state index contributed by atoms with van der Waals surface area (Å²) in [5.41, 5.74) is 5.35. The number of fused-ring (bicyclic) bond motifs is 1. The Kier molecular flexibility index (Phi) is 4.53. The zero-order valence-corrected chi connectivity index (χ0v) is 17.8. The van der Waals surface area contributed by atoms with E-state index < -0.39 is 42.6 Å². The Balaban J connectivity index is 1.56. The topological polar surface area (TPSA) is 108 Å². The number of aliphatic hydroxyl groups is 1. The minimum absolute atomic E-state index is 0.0792. The minimum atomic E-state index is -2.52. The first-order valence-electron chi connectivity index (χ1n) is 11.6. The van der Waals surface area contributed by atoms with Gasteiger partial charge in [0.15, 0.2) is 11.6 Å². The summed E-state index contributed by atoms with van der Waals surface area (Å²) in [7, 11) is 0. The average Bonchev–Trinajstić information content (AvgIpc) is 3.46. The van der Waals surface area contributed by atoms with Gasteiger partial charge in [0.25, 0.3) is 0 Å². The molecule has 33 heavy (non-hydrogen) atoms. The van der Waals surface area contributed by atoms with Crippen molar-refractivity contribution in [3.8, 4) is 11.3 Å². The molecule has 1 fully saturated rings. The van der Waals surface area contributed by atoms with E-state index in [1.807, 2.05) is 0 Å². The van der Waals surface area contributed by atoms with Crippen molar-refractivity contribution in [2.75, 3.05) is 5.73 Å². The monoisotopic (exact) mass is 474 g/mol. The number of pyridine rings is 1. The third-order valence-electron chi connectivity index (χ3n) is 5.75. The number of carbonyl (C=O) groups excluding carboxylic acids is 1. The molecule has 10 heteroatoms. The van der Waals surface area contributed by atoms with E-state index in [-0.39, 0.29) is 57.5 Å². The summed E-state index contributed by atoms with van der Waals surface area (Å²) < 4.78 is 56.2. The van der Waals surface area contributed by atoms with E-state index in [1.54, 1.807) is 0 Å². The van der Waals surface area contributed by atoms with Crippen molar-refractivity contribution >= 4 is 28.8 Å². The zero-order chi connectivity index (χ0) is 26.0. The molecule has 1 unspecified atom stereocenters.